The number of hydrogen-bond acceptors (Lipinski definition) is 6. The fraction of sp³-hybridized carbons (Fsp3) is 0.143. The third-order valence-corrected chi connectivity index (χ3v) is 1.66. The van der Waals surface area contributed by atoms with Gasteiger partial charge in [-0.3, -0.25) is 10.1 Å². The van der Waals surface area contributed by atoms with Crippen LogP contribution in [0.4, 0.5) is 5.69 Å². The van der Waals surface area contributed by atoms with Crippen molar-refractivity contribution in [3.63, 3.8) is 0 Å². The maximum atomic E-state index is 10.4. The molecule has 1 aromatic carbocycles. The number of nitrogens with zero attached hydrogens (tertiary/aromatic N) is 1. The summed E-state index contributed by atoms with van der Waals surface area (Å²) in [6.45, 7) is -0.724. The average molecular weight is 201 g/mol. The van der Waals surface area contributed by atoms with Crippen molar-refractivity contribution in [3.8, 4) is 17.2 Å². The Kier molecular flexibility index (Phi) is 2.43. The van der Waals surface area contributed by atoms with E-state index < -0.39 is 34.5 Å². The van der Waals surface area contributed by atoms with E-state index in [1.54, 1.807) is 0 Å². The van der Waals surface area contributed by atoms with E-state index in [0.717, 1.165) is 6.07 Å². The normalized spacial score (nSPS) is 10.1. The molecule has 0 aliphatic heterocycles. The third-order valence-electron chi connectivity index (χ3n) is 1.66. The molecule has 76 valence electrons. The van der Waals surface area contributed by atoms with E-state index in [0.29, 0.717) is 0 Å². The number of aliphatic hydroxyl groups is 1. The first-order valence-electron chi connectivity index (χ1n) is 3.51. The zero-order chi connectivity index (χ0) is 10.9. The molecule has 1 aromatic rings. The second-order valence-corrected chi connectivity index (χ2v) is 2.52. The summed E-state index contributed by atoms with van der Waals surface area (Å²) in [5.74, 6) is -2.76. The first-order valence-corrected chi connectivity index (χ1v) is 3.51. The van der Waals surface area contributed by atoms with Crippen LogP contribution in [-0.2, 0) is 6.61 Å². The van der Waals surface area contributed by atoms with Crippen molar-refractivity contribution in [2.75, 3.05) is 0 Å². The van der Waals surface area contributed by atoms with Crippen molar-refractivity contribution in [2.45, 2.75) is 6.61 Å². The van der Waals surface area contributed by atoms with Crippen molar-refractivity contribution in [3.05, 3.63) is 21.7 Å². The largest absolute Gasteiger partial charge is 0.504 e. The van der Waals surface area contributed by atoms with Gasteiger partial charge in [0, 0.05) is 0 Å². The predicted molar refractivity (Wildman–Crippen MR) is 44.0 cm³/mol. The Hall–Kier alpha value is -2.02. The number of benzene rings is 1. The number of nitro benzene ring substituents is 1. The maximum absolute atomic E-state index is 10.4. The lowest BCUT2D eigenvalue weighted by molar-refractivity contribution is -0.387. The van der Waals surface area contributed by atoms with Crippen molar-refractivity contribution < 1.29 is 25.3 Å². The molecular weight excluding hydrogens is 194 g/mol. The van der Waals surface area contributed by atoms with Gasteiger partial charge in [0.1, 0.15) is 0 Å². The minimum absolute atomic E-state index is 0.275. The zero-order valence-electron chi connectivity index (χ0n) is 6.84. The molecule has 1 rings (SSSR count). The van der Waals surface area contributed by atoms with Crippen molar-refractivity contribution in [1.82, 2.24) is 0 Å². The topological polar surface area (TPSA) is 124 Å². The Morgan fingerprint density at radius 2 is 1.86 bits per heavy atom. The second-order valence-electron chi connectivity index (χ2n) is 2.52. The molecule has 0 fully saturated rings. The smallest absolute Gasteiger partial charge is 0.320 e. The molecule has 0 unspecified atom stereocenters. The lowest BCUT2D eigenvalue weighted by Gasteiger charge is -2.05. The Bertz CT molecular complexity index is 388. The summed E-state index contributed by atoms with van der Waals surface area (Å²) in [5.41, 5.74) is -1.09. The molecule has 0 radical (unpaired) electrons. The molecule has 0 aliphatic carbocycles. The number of aliphatic hydroxyl groups excluding tert-OH is 1. The van der Waals surface area contributed by atoms with Crippen molar-refractivity contribution >= 4 is 5.69 Å². The van der Waals surface area contributed by atoms with Gasteiger partial charge in [0.05, 0.1) is 17.1 Å². The van der Waals surface area contributed by atoms with Crippen LogP contribution < -0.4 is 0 Å². The summed E-state index contributed by atoms with van der Waals surface area (Å²) in [4.78, 5) is 9.45. The molecule has 0 heterocycles. The van der Waals surface area contributed by atoms with E-state index in [9.17, 15) is 10.1 Å². The monoisotopic (exact) mass is 201 g/mol. The van der Waals surface area contributed by atoms with Crippen LogP contribution in [0.25, 0.3) is 0 Å². The molecule has 0 saturated carbocycles. The minimum atomic E-state index is -1.06. The van der Waals surface area contributed by atoms with E-state index >= 15 is 0 Å². The minimum Gasteiger partial charge on any atom is -0.504 e. The fourth-order valence-electron chi connectivity index (χ4n) is 1.01. The molecule has 7 heteroatoms. The first-order chi connectivity index (χ1) is 6.49. The van der Waals surface area contributed by atoms with Crippen LogP contribution >= 0.6 is 0 Å². The number of rotatable bonds is 2. The van der Waals surface area contributed by atoms with Crippen LogP contribution in [0.2, 0.25) is 0 Å². The molecule has 0 saturated heterocycles. The molecule has 14 heavy (non-hydrogen) atoms. The number of phenolic OH excluding ortho intramolecular Hbond substituents is 3. The molecule has 0 atom stereocenters. The van der Waals surface area contributed by atoms with Gasteiger partial charge in [0.2, 0.25) is 11.5 Å². The molecule has 0 amide bonds. The van der Waals surface area contributed by atoms with Gasteiger partial charge >= 0.3 is 5.69 Å². The van der Waals surface area contributed by atoms with E-state index in [2.05, 4.69) is 0 Å². The SMILES string of the molecule is O=[N+]([O-])c1c(CO)cc(O)c(O)c1O. The van der Waals surface area contributed by atoms with Crippen LogP contribution in [0, 0.1) is 10.1 Å². The molecular formula is C7H7NO6. The van der Waals surface area contributed by atoms with E-state index in [1.165, 1.54) is 0 Å². The Labute approximate surface area is 77.6 Å². The summed E-state index contributed by atoms with van der Waals surface area (Å²) >= 11 is 0. The summed E-state index contributed by atoms with van der Waals surface area (Å²) < 4.78 is 0. The third kappa shape index (κ3) is 1.40. The number of phenols is 3. The van der Waals surface area contributed by atoms with Crippen LogP contribution in [0.15, 0.2) is 6.07 Å². The van der Waals surface area contributed by atoms with Gasteiger partial charge in [-0.2, -0.15) is 0 Å². The zero-order valence-corrected chi connectivity index (χ0v) is 6.84. The second kappa shape index (κ2) is 3.38. The standard InChI is InChI=1S/C7H7NO6/c9-2-3-1-4(10)6(11)7(12)5(3)8(13)14/h1,9-12H,2H2. The highest BCUT2D eigenvalue weighted by Gasteiger charge is 2.25. The highest BCUT2D eigenvalue weighted by atomic mass is 16.6. The highest BCUT2D eigenvalue weighted by molar-refractivity contribution is 5.64. The van der Waals surface area contributed by atoms with Gasteiger partial charge in [-0.15, -0.1) is 0 Å². The van der Waals surface area contributed by atoms with Gasteiger partial charge in [0.25, 0.3) is 0 Å². The molecule has 0 aliphatic rings. The predicted octanol–water partition coefficient (Wildman–Crippen LogP) is 0.204. The molecule has 0 bridgehead atoms. The van der Waals surface area contributed by atoms with E-state index in [-0.39, 0.29) is 5.56 Å². The molecule has 7 nitrogen and oxygen atoms in total. The molecule has 0 aromatic heterocycles. The summed E-state index contributed by atoms with van der Waals surface area (Å²) in [5, 5.41) is 46.1. The van der Waals surface area contributed by atoms with Crippen LogP contribution in [0.5, 0.6) is 17.2 Å². The summed E-state index contributed by atoms with van der Waals surface area (Å²) in [6.07, 6.45) is 0. The lowest BCUT2D eigenvalue weighted by atomic mass is 10.1. The molecule has 0 spiro atoms. The first kappa shape index (κ1) is 10.1. The van der Waals surface area contributed by atoms with Crippen molar-refractivity contribution in [1.29, 1.82) is 0 Å². The van der Waals surface area contributed by atoms with Gasteiger partial charge < -0.3 is 20.4 Å². The van der Waals surface area contributed by atoms with E-state index in [1.807, 2.05) is 0 Å². The van der Waals surface area contributed by atoms with Gasteiger partial charge in [-0.1, -0.05) is 0 Å². The Balaban J connectivity index is 3.53. The van der Waals surface area contributed by atoms with Crippen LogP contribution in [0.3, 0.4) is 0 Å². The maximum Gasteiger partial charge on any atom is 0.320 e. The van der Waals surface area contributed by atoms with Gasteiger partial charge in [-0.05, 0) is 6.07 Å². The fourth-order valence-corrected chi connectivity index (χ4v) is 1.01. The van der Waals surface area contributed by atoms with Gasteiger partial charge in [0.15, 0.2) is 5.75 Å². The Morgan fingerprint density at radius 3 is 2.29 bits per heavy atom. The number of nitro groups is 1. The van der Waals surface area contributed by atoms with Gasteiger partial charge in [-0.25, -0.2) is 0 Å². The number of hydrogen-bond donors (Lipinski definition) is 4. The lowest BCUT2D eigenvalue weighted by Crippen LogP contribution is -1.96. The Morgan fingerprint density at radius 1 is 1.29 bits per heavy atom. The van der Waals surface area contributed by atoms with Crippen molar-refractivity contribution in [2.24, 2.45) is 0 Å². The summed E-state index contributed by atoms with van der Waals surface area (Å²) in [7, 11) is 0. The quantitative estimate of drug-likeness (QED) is 0.308. The average Bonchev–Trinajstić information content (AvgIpc) is 2.12. The van der Waals surface area contributed by atoms with Crippen LogP contribution in [-0.4, -0.2) is 25.3 Å². The van der Waals surface area contributed by atoms with E-state index in [4.69, 9.17) is 20.4 Å². The molecule has 4 N–H and O–H groups in total. The van der Waals surface area contributed by atoms with Crippen LogP contribution in [0.1, 0.15) is 5.56 Å². The summed E-state index contributed by atoms with van der Waals surface area (Å²) in [6, 6.07) is 0.813. The number of aromatic hydroxyl groups is 3. The highest BCUT2D eigenvalue weighted by Crippen LogP contribution is 2.43.